The van der Waals surface area contributed by atoms with Crippen LogP contribution in [0, 0.1) is 0 Å². The number of hydrogen-bond donors (Lipinski definition) is 1. The van der Waals surface area contributed by atoms with Gasteiger partial charge in [0.05, 0.1) is 30.7 Å². The molecule has 1 unspecified atom stereocenters. The van der Waals surface area contributed by atoms with Crippen molar-refractivity contribution in [3.05, 3.63) is 71.4 Å². The van der Waals surface area contributed by atoms with Crippen LogP contribution < -0.4 is 10.2 Å². The first-order valence-corrected chi connectivity index (χ1v) is 10.9. The summed E-state index contributed by atoms with van der Waals surface area (Å²) in [4.78, 5) is 32.3. The number of nitrogens with zero attached hydrogens (tertiary/aromatic N) is 3. The molecular formula is C23H22N4O4S. The van der Waals surface area contributed by atoms with E-state index in [2.05, 4.69) is 15.5 Å². The van der Waals surface area contributed by atoms with Gasteiger partial charge in [0.1, 0.15) is 11.8 Å². The van der Waals surface area contributed by atoms with Crippen LogP contribution in [-0.2, 0) is 14.3 Å². The monoisotopic (exact) mass is 450 g/mol. The van der Waals surface area contributed by atoms with E-state index in [0.717, 1.165) is 17.4 Å². The summed E-state index contributed by atoms with van der Waals surface area (Å²) in [6, 6.07) is 15.9. The fourth-order valence-corrected chi connectivity index (χ4v) is 4.48. The fraction of sp³-hybridized carbons (Fsp3) is 0.217. The average molecular weight is 451 g/mol. The van der Waals surface area contributed by atoms with Crippen LogP contribution in [0.4, 0.5) is 5.69 Å². The van der Waals surface area contributed by atoms with Crippen LogP contribution in [0.3, 0.4) is 0 Å². The van der Waals surface area contributed by atoms with Gasteiger partial charge in [-0.3, -0.25) is 15.1 Å². The van der Waals surface area contributed by atoms with Gasteiger partial charge in [0.25, 0.3) is 5.91 Å². The minimum absolute atomic E-state index is 0.210. The highest BCUT2D eigenvalue weighted by Gasteiger charge is 2.47. The SMILES string of the molecule is CCOC(=O)C1=C(C)N=C2SC(=NNc3ccccc3)C(=O)N2C1c1ccccc1OC. The molecule has 0 aromatic heterocycles. The average Bonchev–Trinajstić information content (AvgIpc) is 3.12. The van der Waals surface area contributed by atoms with Gasteiger partial charge in [-0.25, -0.2) is 9.79 Å². The fourth-order valence-electron chi connectivity index (χ4n) is 3.56. The number of amides is 1. The van der Waals surface area contributed by atoms with Crippen molar-refractivity contribution in [1.29, 1.82) is 0 Å². The second-order valence-electron chi connectivity index (χ2n) is 6.93. The van der Waals surface area contributed by atoms with Crippen molar-refractivity contribution in [3.8, 4) is 5.75 Å². The topological polar surface area (TPSA) is 92.6 Å². The highest BCUT2D eigenvalue weighted by atomic mass is 32.2. The van der Waals surface area contributed by atoms with Gasteiger partial charge in [-0.05, 0) is 43.8 Å². The van der Waals surface area contributed by atoms with Crippen molar-refractivity contribution in [1.82, 2.24) is 4.90 Å². The highest BCUT2D eigenvalue weighted by Crippen LogP contribution is 2.44. The van der Waals surface area contributed by atoms with Gasteiger partial charge >= 0.3 is 5.97 Å². The number of thioether (sulfide) groups is 1. The summed E-state index contributed by atoms with van der Waals surface area (Å²) in [7, 11) is 1.55. The molecule has 32 heavy (non-hydrogen) atoms. The number of esters is 1. The van der Waals surface area contributed by atoms with Gasteiger partial charge in [-0.2, -0.15) is 5.10 Å². The zero-order valence-corrected chi connectivity index (χ0v) is 18.7. The Labute approximate surface area is 190 Å². The van der Waals surface area contributed by atoms with Gasteiger partial charge in [0.2, 0.25) is 0 Å². The van der Waals surface area contributed by atoms with Crippen LogP contribution in [0.1, 0.15) is 25.5 Å². The Kier molecular flexibility index (Phi) is 6.27. The second-order valence-corrected chi connectivity index (χ2v) is 7.89. The van der Waals surface area contributed by atoms with Crippen molar-refractivity contribution in [2.45, 2.75) is 19.9 Å². The molecular weight excluding hydrogens is 428 g/mol. The number of allylic oxidation sites excluding steroid dienone is 1. The first kappa shape index (κ1) is 21.6. The van der Waals surface area contributed by atoms with Gasteiger partial charge < -0.3 is 9.47 Å². The van der Waals surface area contributed by atoms with Gasteiger partial charge in [-0.1, -0.05) is 36.4 Å². The lowest BCUT2D eigenvalue weighted by Crippen LogP contribution is -2.40. The van der Waals surface area contributed by atoms with Crippen molar-refractivity contribution in [2.75, 3.05) is 19.1 Å². The maximum Gasteiger partial charge on any atom is 0.338 e. The summed E-state index contributed by atoms with van der Waals surface area (Å²) >= 11 is 1.15. The molecule has 1 saturated heterocycles. The Morgan fingerprint density at radius 2 is 1.91 bits per heavy atom. The van der Waals surface area contributed by atoms with Crippen molar-refractivity contribution >= 4 is 39.5 Å². The minimum Gasteiger partial charge on any atom is -0.496 e. The molecule has 1 N–H and O–H groups in total. The summed E-state index contributed by atoms with van der Waals surface area (Å²) in [6.07, 6.45) is 0. The molecule has 2 aromatic carbocycles. The van der Waals surface area contributed by atoms with Crippen LogP contribution in [0.5, 0.6) is 5.75 Å². The molecule has 1 amide bonds. The lowest BCUT2D eigenvalue weighted by molar-refractivity contribution is -0.139. The lowest BCUT2D eigenvalue weighted by Gasteiger charge is -2.33. The first-order chi connectivity index (χ1) is 15.5. The maximum atomic E-state index is 13.4. The van der Waals surface area contributed by atoms with Crippen molar-refractivity contribution in [3.63, 3.8) is 0 Å². The zero-order chi connectivity index (χ0) is 22.7. The normalized spacial score (nSPS) is 19.0. The number of nitrogens with one attached hydrogen (secondary N) is 1. The van der Waals surface area contributed by atoms with Crippen molar-refractivity contribution < 1.29 is 19.1 Å². The second kappa shape index (κ2) is 9.27. The zero-order valence-electron chi connectivity index (χ0n) is 17.9. The van der Waals surface area contributed by atoms with Crippen molar-refractivity contribution in [2.24, 2.45) is 10.1 Å². The highest BCUT2D eigenvalue weighted by molar-refractivity contribution is 8.29. The van der Waals surface area contributed by atoms with Crippen LogP contribution in [0.15, 0.2) is 76.0 Å². The quantitative estimate of drug-likeness (QED) is 0.529. The van der Waals surface area contributed by atoms with Crippen LogP contribution in [-0.4, -0.2) is 40.7 Å². The summed E-state index contributed by atoms with van der Waals surface area (Å²) in [5.41, 5.74) is 5.11. The molecule has 0 aliphatic carbocycles. The number of rotatable bonds is 6. The van der Waals surface area contributed by atoms with E-state index < -0.39 is 12.0 Å². The predicted octanol–water partition coefficient (Wildman–Crippen LogP) is 3.94. The number of carbonyl (C=O) groups excluding carboxylic acids is 2. The summed E-state index contributed by atoms with van der Waals surface area (Å²) in [6.45, 7) is 3.68. The Hall–Kier alpha value is -3.59. The molecule has 2 heterocycles. The number of aliphatic imine (C=N–C) groups is 1. The van der Waals surface area contributed by atoms with E-state index in [9.17, 15) is 9.59 Å². The number of amidine groups is 1. The van der Waals surface area contributed by atoms with E-state index in [1.807, 2.05) is 48.5 Å². The summed E-state index contributed by atoms with van der Waals surface area (Å²) in [5.74, 6) is -0.323. The largest absolute Gasteiger partial charge is 0.496 e. The third kappa shape index (κ3) is 3.99. The number of anilines is 1. The van der Waals surface area contributed by atoms with Gasteiger partial charge in [-0.15, -0.1) is 0 Å². The van der Waals surface area contributed by atoms with Gasteiger partial charge in [0, 0.05) is 5.56 Å². The minimum atomic E-state index is -0.748. The molecule has 0 saturated carbocycles. The van der Waals surface area contributed by atoms with E-state index >= 15 is 0 Å². The molecule has 8 nitrogen and oxygen atoms in total. The lowest BCUT2D eigenvalue weighted by atomic mass is 9.93. The maximum absolute atomic E-state index is 13.4. The molecule has 4 rings (SSSR count). The number of ether oxygens (including phenoxy) is 2. The van der Waals surface area contributed by atoms with E-state index in [-0.39, 0.29) is 17.6 Å². The first-order valence-electron chi connectivity index (χ1n) is 10.0. The molecule has 2 aromatic rings. The number of fused-ring (bicyclic) bond motifs is 1. The van der Waals surface area contributed by atoms with Crippen LogP contribution in [0.2, 0.25) is 0 Å². The number of para-hydroxylation sites is 2. The van der Waals surface area contributed by atoms with E-state index in [1.54, 1.807) is 27.0 Å². The van der Waals surface area contributed by atoms with E-state index in [1.165, 1.54) is 4.90 Å². The van der Waals surface area contributed by atoms with E-state index in [4.69, 9.17) is 9.47 Å². The summed E-state index contributed by atoms with van der Waals surface area (Å²) < 4.78 is 10.8. The Morgan fingerprint density at radius 1 is 1.19 bits per heavy atom. The predicted molar refractivity (Wildman–Crippen MR) is 124 cm³/mol. The van der Waals surface area contributed by atoms with Crippen LogP contribution >= 0.6 is 11.8 Å². The standard InChI is InChI=1S/C23H22N4O4S/c1-4-31-22(29)18-14(2)24-23-27(19(18)16-12-8-9-13-17(16)30-3)21(28)20(32-23)26-25-15-10-6-5-7-11-15/h5-13,19,25H,4H2,1-3H3. The number of hydrogen-bond acceptors (Lipinski definition) is 8. The van der Waals surface area contributed by atoms with Gasteiger partial charge in [0.15, 0.2) is 10.2 Å². The molecule has 0 radical (unpaired) electrons. The number of carbonyl (C=O) groups is 2. The van der Waals surface area contributed by atoms with Crippen LogP contribution in [0.25, 0.3) is 0 Å². The molecule has 1 fully saturated rings. The Morgan fingerprint density at radius 3 is 2.62 bits per heavy atom. The third-order valence-electron chi connectivity index (χ3n) is 4.97. The Bertz CT molecular complexity index is 1140. The molecule has 2 aliphatic rings. The number of hydrazone groups is 1. The molecule has 164 valence electrons. The van der Waals surface area contributed by atoms with E-state index in [0.29, 0.717) is 27.8 Å². The number of methoxy groups -OCH3 is 1. The Balaban J connectivity index is 1.77. The molecule has 0 spiro atoms. The third-order valence-corrected chi connectivity index (χ3v) is 5.90. The smallest absolute Gasteiger partial charge is 0.338 e. The molecule has 9 heteroatoms. The molecule has 2 aliphatic heterocycles. The molecule has 0 bridgehead atoms. The molecule has 1 atom stereocenters. The summed E-state index contributed by atoms with van der Waals surface area (Å²) in [5, 5.41) is 4.97. The number of benzene rings is 2.